The van der Waals surface area contributed by atoms with Gasteiger partial charge in [0.1, 0.15) is 5.60 Å². The van der Waals surface area contributed by atoms with E-state index in [9.17, 15) is 4.79 Å². The van der Waals surface area contributed by atoms with Crippen LogP contribution in [-0.4, -0.2) is 48.2 Å². The minimum absolute atomic E-state index is 0.251. The summed E-state index contributed by atoms with van der Waals surface area (Å²) in [5.74, 6) is 0. The molecule has 0 aliphatic heterocycles. The van der Waals surface area contributed by atoms with Gasteiger partial charge in [-0.25, -0.2) is 4.79 Å². The van der Waals surface area contributed by atoms with Crippen molar-refractivity contribution in [2.45, 2.75) is 71.6 Å². The normalized spacial score (nSPS) is 12.7. The van der Waals surface area contributed by atoms with E-state index in [1.54, 1.807) is 16.8 Å². The Hall–Kier alpha value is -2.85. The molecule has 0 unspecified atom stereocenters. The number of benzene rings is 2. The van der Waals surface area contributed by atoms with E-state index in [0.29, 0.717) is 5.59 Å². The van der Waals surface area contributed by atoms with E-state index in [2.05, 4.69) is 45.7 Å². The summed E-state index contributed by atoms with van der Waals surface area (Å²) in [5.41, 5.74) is 2.47. The lowest BCUT2D eigenvalue weighted by Crippen LogP contribution is -2.30. The number of para-hydroxylation sites is 1. The maximum absolute atomic E-state index is 12.4. The lowest BCUT2D eigenvalue weighted by Gasteiger charge is -2.30. The quantitative estimate of drug-likeness (QED) is 0.334. The Morgan fingerprint density at radius 2 is 1.59 bits per heavy atom. The molecule has 4 aromatic rings. The third kappa shape index (κ3) is 7.82. The van der Waals surface area contributed by atoms with Gasteiger partial charge >= 0.3 is 13.2 Å². The maximum atomic E-state index is 12.4. The monoisotopic (exact) mass is 522 g/mol. The van der Waals surface area contributed by atoms with Crippen LogP contribution < -0.4 is 5.59 Å². The van der Waals surface area contributed by atoms with Gasteiger partial charge in [-0.2, -0.15) is 0 Å². The smallest absolute Gasteiger partial charge is 0.443 e. The van der Waals surface area contributed by atoms with Crippen molar-refractivity contribution >= 4 is 50.4 Å². The van der Waals surface area contributed by atoms with Crippen LogP contribution in [-0.2, 0) is 14.8 Å². The summed E-state index contributed by atoms with van der Waals surface area (Å²) in [6.07, 6.45) is 1.41. The lowest BCUT2D eigenvalue weighted by molar-refractivity contribution is 0.0544. The molecule has 198 valence electrons. The average molecular weight is 523 g/mol. The van der Waals surface area contributed by atoms with Crippen molar-refractivity contribution in [2.75, 3.05) is 0 Å². The van der Waals surface area contributed by atoms with Crippen LogP contribution in [0.25, 0.3) is 21.8 Å². The van der Waals surface area contributed by atoms with Crippen molar-refractivity contribution < 1.29 is 24.0 Å². The van der Waals surface area contributed by atoms with Gasteiger partial charge in [-0.15, -0.1) is 0 Å². The summed E-state index contributed by atoms with van der Waals surface area (Å²) in [5, 5.41) is 19.9. The van der Waals surface area contributed by atoms with E-state index in [4.69, 9.17) is 19.2 Å². The van der Waals surface area contributed by atoms with Crippen molar-refractivity contribution in [1.29, 1.82) is 0 Å². The number of rotatable bonds is 4. The minimum Gasteiger partial charge on any atom is -0.443 e. The zero-order valence-electron chi connectivity index (χ0n) is 23.1. The number of carbonyl (C=O) groups is 1. The first-order chi connectivity index (χ1) is 17.1. The molecule has 0 aliphatic carbocycles. The summed E-state index contributed by atoms with van der Waals surface area (Å²) >= 11 is 0. The van der Waals surface area contributed by atoms with E-state index < -0.39 is 22.5 Å². The van der Waals surface area contributed by atoms with Crippen LogP contribution in [0.5, 0.6) is 0 Å². The number of nitrogens with zero attached hydrogens (tertiary/aromatic N) is 1. The van der Waals surface area contributed by atoms with Gasteiger partial charge < -0.3 is 24.2 Å². The molecule has 0 saturated heterocycles. The molecule has 2 heterocycles. The van der Waals surface area contributed by atoms with Crippen LogP contribution in [0, 0.1) is 0 Å². The fraction of sp³-hybridized carbons (Fsp3) is 0.393. The highest BCUT2D eigenvalue weighted by Crippen LogP contribution is 2.31. The first-order valence-corrected chi connectivity index (χ1v) is 13.8. The molecule has 0 bridgehead atoms. The van der Waals surface area contributed by atoms with Crippen molar-refractivity contribution in [1.82, 2.24) is 9.55 Å². The summed E-state index contributed by atoms with van der Waals surface area (Å²) in [6, 6.07) is 17.4. The minimum atomic E-state index is -1.42. The van der Waals surface area contributed by atoms with E-state index in [1.165, 1.54) is 0 Å². The molecule has 0 aliphatic rings. The van der Waals surface area contributed by atoms with Gasteiger partial charge in [0.2, 0.25) is 0 Å². The molecule has 2 aromatic heterocycles. The summed E-state index contributed by atoms with van der Waals surface area (Å²) < 4.78 is 13.3. The topological polar surface area (TPSA) is 96.7 Å². The van der Waals surface area contributed by atoms with Crippen molar-refractivity contribution in [3.8, 4) is 0 Å². The molecular weight excluding hydrogens is 483 g/mol. The molecule has 0 radical (unpaired) electrons. The van der Waals surface area contributed by atoms with E-state index in [-0.39, 0.29) is 16.7 Å². The van der Waals surface area contributed by atoms with E-state index in [0.717, 1.165) is 27.4 Å². The van der Waals surface area contributed by atoms with Gasteiger partial charge in [0.15, 0.2) is 9.76 Å². The Morgan fingerprint density at radius 1 is 0.919 bits per heavy atom. The molecule has 0 amide bonds. The zero-order valence-corrected chi connectivity index (χ0v) is 24.5. The summed E-state index contributed by atoms with van der Waals surface area (Å²) in [7, 11) is -2.08. The van der Waals surface area contributed by atoms with Crippen LogP contribution in [0.2, 0.25) is 5.04 Å². The first-order valence-electron chi connectivity index (χ1n) is 12.5. The number of carbonyl (C=O) groups excluding carboxylic acids is 1. The second-order valence-electron chi connectivity index (χ2n) is 12.0. The van der Waals surface area contributed by atoms with Gasteiger partial charge in [-0.1, -0.05) is 45.0 Å². The summed E-state index contributed by atoms with van der Waals surface area (Å²) in [6.45, 7) is 16.5. The molecule has 0 atom stereocenters. The molecule has 37 heavy (non-hydrogen) atoms. The molecule has 2 aromatic carbocycles. The molecule has 9 heteroatoms. The zero-order chi connectivity index (χ0) is 27.6. The second kappa shape index (κ2) is 10.9. The Kier molecular flexibility index (Phi) is 8.44. The van der Waals surface area contributed by atoms with Crippen molar-refractivity contribution in [2.24, 2.45) is 0 Å². The molecular formula is C28H39BN2O5Si. The summed E-state index contributed by atoms with van der Waals surface area (Å²) in [4.78, 5) is 15.2. The molecule has 7 nitrogen and oxygen atoms in total. The Bertz CT molecular complexity index is 1330. The number of H-pyrrole nitrogens is 1. The third-order valence-electron chi connectivity index (χ3n) is 5.67. The SMILES string of the molecule is CC(C)(C)OC(=O)n1ccc2cc(C(C)(C)O[SiH2]C(C)(C)C)ccc21.OB(O)c1cc2ccccc2[nH]1. The highest BCUT2D eigenvalue weighted by Gasteiger charge is 2.25. The van der Waals surface area contributed by atoms with Crippen LogP contribution in [0.1, 0.15) is 61.0 Å². The fourth-order valence-corrected chi connectivity index (χ4v) is 4.66. The highest BCUT2D eigenvalue weighted by molar-refractivity contribution is 6.58. The molecule has 4 rings (SSSR count). The Labute approximate surface area is 221 Å². The lowest BCUT2D eigenvalue weighted by atomic mass is 9.87. The van der Waals surface area contributed by atoms with Crippen LogP contribution in [0.4, 0.5) is 4.79 Å². The van der Waals surface area contributed by atoms with Crippen LogP contribution >= 0.6 is 0 Å². The number of nitrogens with one attached hydrogen (secondary N) is 1. The molecule has 3 N–H and O–H groups in total. The standard InChI is InChI=1S/C20H31NO3Si.C8H8BNO2/c1-18(2,3)23-17(22)21-12-11-14-13-15(9-10-16(14)21)20(7,8)24-25-19(4,5)6;11-9(12)8-5-6-3-1-2-4-7(6)10-8/h9-13H,25H2,1-8H3;1-5,10-12H. The molecule has 0 fully saturated rings. The number of fused-ring (bicyclic) bond motifs is 2. The first kappa shape index (κ1) is 28.7. The van der Waals surface area contributed by atoms with Crippen molar-refractivity contribution in [3.05, 3.63) is 66.4 Å². The third-order valence-corrected chi connectivity index (χ3v) is 7.40. The predicted molar refractivity (Wildman–Crippen MR) is 154 cm³/mol. The number of ether oxygens (including phenoxy) is 1. The van der Waals surface area contributed by atoms with Gasteiger partial charge in [0.25, 0.3) is 0 Å². The number of aromatic nitrogens is 2. The van der Waals surface area contributed by atoms with Crippen molar-refractivity contribution in [3.63, 3.8) is 0 Å². The van der Waals surface area contributed by atoms with Gasteiger partial charge in [-0.3, -0.25) is 4.57 Å². The Balaban J connectivity index is 0.000000262. The highest BCUT2D eigenvalue weighted by atomic mass is 28.2. The fourth-order valence-electron chi connectivity index (χ4n) is 3.70. The predicted octanol–water partition coefficient (Wildman–Crippen LogP) is 4.83. The Morgan fingerprint density at radius 3 is 2.19 bits per heavy atom. The molecule has 0 spiro atoms. The van der Waals surface area contributed by atoms with Gasteiger partial charge in [0.05, 0.1) is 11.1 Å². The van der Waals surface area contributed by atoms with Gasteiger partial charge in [0, 0.05) is 22.7 Å². The van der Waals surface area contributed by atoms with E-state index in [1.807, 2.05) is 63.2 Å². The van der Waals surface area contributed by atoms with E-state index >= 15 is 0 Å². The number of hydrogen-bond donors (Lipinski definition) is 3. The van der Waals surface area contributed by atoms with Gasteiger partial charge in [-0.05, 0) is 80.9 Å². The second-order valence-corrected chi connectivity index (χ2v) is 14.7. The maximum Gasteiger partial charge on any atom is 0.505 e. The number of aromatic amines is 1. The van der Waals surface area contributed by atoms with Crippen LogP contribution in [0.3, 0.4) is 0 Å². The largest absolute Gasteiger partial charge is 0.505 e. The number of hydrogen-bond acceptors (Lipinski definition) is 5. The van der Waals surface area contributed by atoms with Crippen LogP contribution in [0.15, 0.2) is 60.8 Å². The molecule has 0 saturated carbocycles. The average Bonchev–Trinajstić information content (AvgIpc) is 3.41.